The van der Waals surface area contributed by atoms with Crippen molar-refractivity contribution >= 4 is 29.0 Å². The molecule has 9 heteroatoms. The molecule has 1 aromatic rings. The van der Waals surface area contributed by atoms with E-state index in [4.69, 9.17) is 39.4 Å². The van der Waals surface area contributed by atoms with E-state index in [1.807, 2.05) is 0 Å². The Kier molecular flexibility index (Phi) is 5.09. The van der Waals surface area contributed by atoms with Crippen molar-refractivity contribution < 1.29 is 13.5 Å². The van der Waals surface area contributed by atoms with Gasteiger partial charge in [0.15, 0.2) is 5.83 Å². The number of nitrogen functional groups attached to an aromatic ring is 1. The van der Waals surface area contributed by atoms with E-state index in [9.17, 15) is 4.39 Å². The van der Waals surface area contributed by atoms with Crippen molar-refractivity contribution in [3.05, 3.63) is 45.6 Å². The molecule has 0 amide bonds. The van der Waals surface area contributed by atoms with E-state index >= 15 is 4.39 Å². The Morgan fingerprint density at radius 2 is 2.00 bits per heavy atom. The number of hydrogen-bond acceptors (Lipinski definition) is 5. The van der Waals surface area contributed by atoms with Crippen LogP contribution >= 0.6 is 23.2 Å². The standard InChI is InChI=1S/C16H18Cl2F2N4O/c17-12-7-11(19)15(22)24(8-9-2-5-25-6-3-9)16(12,20)10-1-4-23-14(21)13(10)18/h1,4,7,9H,2-3,5-6,8,22H2,(H2,21,23). The number of halogens is 4. The van der Waals surface area contributed by atoms with Gasteiger partial charge < -0.3 is 21.1 Å². The second-order valence-corrected chi connectivity index (χ2v) is 6.86. The first kappa shape index (κ1) is 18.2. The maximum Gasteiger partial charge on any atom is 0.248 e. The van der Waals surface area contributed by atoms with Crippen LogP contribution < -0.4 is 11.5 Å². The van der Waals surface area contributed by atoms with Gasteiger partial charge in [0.2, 0.25) is 5.79 Å². The Morgan fingerprint density at radius 1 is 1.32 bits per heavy atom. The Bertz CT molecular complexity index is 737. The predicted molar refractivity (Wildman–Crippen MR) is 93.0 cm³/mol. The minimum Gasteiger partial charge on any atom is -0.383 e. The fourth-order valence-electron chi connectivity index (χ4n) is 3.11. The summed E-state index contributed by atoms with van der Waals surface area (Å²) in [5.41, 5.74) is 11.5. The highest BCUT2D eigenvalue weighted by molar-refractivity contribution is 6.34. The van der Waals surface area contributed by atoms with Gasteiger partial charge in [0.1, 0.15) is 11.6 Å². The summed E-state index contributed by atoms with van der Waals surface area (Å²) in [6.07, 6.45) is 3.62. The number of nitrogens with zero attached hydrogens (tertiary/aromatic N) is 2. The number of pyridine rings is 1. The number of allylic oxidation sites excluding steroid dienone is 2. The van der Waals surface area contributed by atoms with Crippen LogP contribution in [0.4, 0.5) is 14.6 Å². The van der Waals surface area contributed by atoms with Gasteiger partial charge in [0, 0.05) is 31.5 Å². The van der Waals surface area contributed by atoms with Gasteiger partial charge >= 0.3 is 0 Å². The van der Waals surface area contributed by atoms with Crippen LogP contribution in [0.1, 0.15) is 18.4 Å². The highest BCUT2D eigenvalue weighted by atomic mass is 35.5. The third-order valence-corrected chi connectivity index (χ3v) is 5.29. The molecule has 0 aliphatic carbocycles. The number of aromatic nitrogens is 1. The second-order valence-electron chi connectivity index (χ2n) is 6.07. The summed E-state index contributed by atoms with van der Waals surface area (Å²) < 4.78 is 35.7. The molecule has 2 aliphatic rings. The van der Waals surface area contributed by atoms with Crippen molar-refractivity contribution in [2.75, 3.05) is 25.5 Å². The lowest BCUT2D eigenvalue weighted by molar-refractivity contribution is -0.0109. The van der Waals surface area contributed by atoms with Crippen molar-refractivity contribution in [2.24, 2.45) is 11.7 Å². The zero-order chi connectivity index (χ0) is 18.2. The molecule has 1 atom stereocenters. The third kappa shape index (κ3) is 3.16. The van der Waals surface area contributed by atoms with Crippen molar-refractivity contribution in [1.82, 2.24) is 9.88 Å². The molecule has 4 N–H and O–H groups in total. The molecule has 0 aromatic carbocycles. The van der Waals surface area contributed by atoms with Crippen LogP contribution in [0, 0.1) is 5.92 Å². The summed E-state index contributed by atoms with van der Waals surface area (Å²) in [6.45, 7) is 1.30. The molecule has 0 bridgehead atoms. The van der Waals surface area contributed by atoms with Gasteiger partial charge in [-0.2, -0.15) is 0 Å². The molecule has 1 unspecified atom stereocenters. The minimum absolute atomic E-state index is 0.0228. The summed E-state index contributed by atoms with van der Waals surface area (Å²) in [5.74, 6) is -3.50. The van der Waals surface area contributed by atoms with Crippen molar-refractivity contribution in [2.45, 2.75) is 18.6 Å². The molecule has 0 radical (unpaired) electrons. The lowest BCUT2D eigenvalue weighted by atomic mass is 9.94. The monoisotopic (exact) mass is 390 g/mol. The van der Waals surface area contributed by atoms with Gasteiger partial charge in [-0.15, -0.1) is 0 Å². The smallest absolute Gasteiger partial charge is 0.248 e. The van der Waals surface area contributed by atoms with Crippen molar-refractivity contribution in [3.8, 4) is 0 Å². The van der Waals surface area contributed by atoms with Crippen LogP contribution in [0.5, 0.6) is 0 Å². The third-order valence-electron chi connectivity index (χ3n) is 4.53. The van der Waals surface area contributed by atoms with Crippen LogP contribution in [0.15, 0.2) is 35.0 Å². The maximum absolute atomic E-state index is 16.2. The molecular weight excluding hydrogens is 373 g/mol. The summed E-state index contributed by atoms with van der Waals surface area (Å²) >= 11 is 12.3. The Morgan fingerprint density at radius 3 is 2.68 bits per heavy atom. The molecule has 3 rings (SSSR count). The quantitative estimate of drug-likeness (QED) is 0.773. The lowest BCUT2D eigenvalue weighted by Gasteiger charge is -2.43. The first-order valence-corrected chi connectivity index (χ1v) is 8.59. The summed E-state index contributed by atoms with van der Waals surface area (Å²) in [5, 5.41) is -0.456. The molecule has 0 saturated carbocycles. The average molecular weight is 391 g/mol. The molecule has 1 saturated heterocycles. The first-order chi connectivity index (χ1) is 11.9. The van der Waals surface area contributed by atoms with Crippen molar-refractivity contribution in [3.63, 3.8) is 0 Å². The maximum atomic E-state index is 16.2. The highest BCUT2D eigenvalue weighted by Gasteiger charge is 2.48. The Labute approximate surface area is 154 Å². The van der Waals surface area contributed by atoms with Gasteiger partial charge in [0.05, 0.1) is 10.1 Å². The number of hydrogen-bond donors (Lipinski definition) is 2. The van der Waals surface area contributed by atoms with Crippen LogP contribution in [-0.4, -0.2) is 29.6 Å². The van der Waals surface area contributed by atoms with E-state index in [-0.39, 0.29) is 39.7 Å². The fraction of sp³-hybridized carbons (Fsp3) is 0.438. The van der Waals surface area contributed by atoms with Crippen LogP contribution in [-0.2, 0) is 10.5 Å². The zero-order valence-electron chi connectivity index (χ0n) is 13.3. The topological polar surface area (TPSA) is 77.4 Å². The van der Waals surface area contributed by atoms with Gasteiger partial charge in [-0.1, -0.05) is 23.2 Å². The fourth-order valence-corrected chi connectivity index (χ4v) is 3.64. The van der Waals surface area contributed by atoms with Gasteiger partial charge in [0.25, 0.3) is 0 Å². The van der Waals surface area contributed by atoms with E-state index < -0.39 is 11.6 Å². The minimum atomic E-state index is -2.42. The highest BCUT2D eigenvalue weighted by Crippen LogP contribution is 2.48. The molecule has 1 aromatic heterocycles. The van der Waals surface area contributed by atoms with E-state index in [2.05, 4.69) is 4.98 Å². The van der Waals surface area contributed by atoms with E-state index in [1.54, 1.807) is 0 Å². The van der Waals surface area contributed by atoms with Gasteiger partial charge in [-0.3, -0.25) is 0 Å². The van der Waals surface area contributed by atoms with E-state index in [0.29, 0.717) is 13.2 Å². The van der Waals surface area contributed by atoms with E-state index in [1.165, 1.54) is 12.3 Å². The Hall–Kier alpha value is -1.57. The van der Waals surface area contributed by atoms with E-state index in [0.717, 1.165) is 23.8 Å². The molecule has 136 valence electrons. The lowest BCUT2D eigenvalue weighted by Crippen LogP contribution is -2.49. The largest absolute Gasteiger partial charge is 0.383 e. The van der Waals surface area contributed by atoms with Crippen LogP contribution in [0.3, 0.4) is 0 Å². The molecule has 1 fully saturated rings. The molecule has 25 heavy (non-hydrogen) atoms. The van der Waals surface area contributed by atoms with Crippen molar-refractivity contribution in [1.29, 1.82) is 0 Å². The number of nitrogens with two attached hydrogens (primary N) is 2. The number of rotatable bonds is 3. The summed E-state index contributed by atoms with van der Waals surface area (Å²) in [7, 11) is 0. The SMILES string of the molecule is NC1=C(F)C=C(Cl)C(F)(c2ccnc(N)c2Cl)N1CC1CCOCC1. The molecule has 5 nitrogen and oxygen atoms in total. The number of anilines is 1. The summed E-state index contributed by atoms with van der Waals surface area (Å²) in [4.78, 5) is 4.94. The molecular formula is C16H18Cl2F2N4O. The Balaban J connectivity index is 2.06. The summed E-state index contributed by atoms with van der Waals surface area (Å²) in [6, 6.07) is 1.36. The number of alkyl halides is 1. The average Bonchev–Trinajstić information content (AvgIpc) is 2.60. The predicted octanol–water partition coefficient (Wildman–Crippen LogP) is 3.40. The molecule has 2 aliphatic heterocycles. The van der Waals surface area contributed by atoms with Gasteiger partial charge in [-0.05, 0) is 30.9 Å². The number of ether oxygens (including phenoxy) is 1. The van der Waals surface area contributed by atoms with Crippen LogP contribution in [0.25, 0.3) is 0 Å². The molecule has 0 spiro atoms. The van der Waals surface area contributed by atoms with Gasteiger partial charge in [-0.25, -0.2) is 13.8 Å². The molecule has 3 heterocycles. The zero-order valence-corrected chi connectivity index (χ0v) is 14.8. The second kappa shape index (κ2) is 6.97. The first-order valence-electron chi connectivity index (χ1n) is 7.83. The van der Waals surface area contributed by atoms with Crippen LogP contribution in [0.2, 0.25) is 5.02 Å². The normalized spacial score (nSPS) is 25.3.